The molecule has 0 bridgehead atoms. The van der Waals surface area contributed by atoms with E-state index in [1.54, 1.807) is 0 Å². The third kappa shape index (κ3) is 2.48. The summed E-state index contributed by atoms with van der Waals surface area (Å²) in [5, 5.41) is 8.85. The lowest BCUT2D eigenvalue weighted by Crippen LogP contribution is -1.98. The van der Waals surface area contributed by atoms with Gasteiger partial charge >= 0.3 is 0 Å². The van der Waals surface area contributed by atoms with Crippen LogP contribution < -0.4 is 5.73 Å². The number of benzene rings is 1. The molecule has 3 N–H and O–H groups in total. The van der Waals surface area contributed by atoms with E-state index in [4.69, 9.17) is 10.8 Å². The minimum atomic E-state index is 0. The van der Waals surface area contributed by atoms with Gasteiger partial charge in [-0.3, -0.25) is 0 Å². The van der Waals surface area contributed by atoms with E-state index in [-0.39, 0.29) is 19.0 Å². The summed E-state index contributed by atoms with van der Waals surface area (Å²) in [6, 6.07) is 5.86. The van der Waals surface area contributed by atoms with E-state index in [0.29, 0.717) is 6.54 Å². The largest absolute Gasteiger partial charge is 0.392 e. The highest BCUT2D eigenvalue weighted by atomic mass is 35.5. The summed E-state index contributed by atoms with van der Waals surface area (Å²) in [4.78, 5) is 0. The van der Waals surface area contributed by atoms with Crippen LogP contribution in [0, 0.1) is 6.92 Å². The van der Waals surface area contributed by atoms with Gasteiger partial charge in [-0.15, -0.1) is 12.4 Å². The van der Waals surface area contributed by atoms with Crippen molar-refractivity contribution in [1.29, 1.82) is 0 Å². The number of rotatable bonds is 2. The Labute approximate surface area is 78.8 Å². The average molecular weight is 188 g/mol. The maximum absolute atomic E-state index is 8.85. The summed E-state index contributed by atoms with van der Waals surface area (Å²) in [7, 11) is 0. The maximum Gasteiger partial charge on any atom is 0.0684 e. The molecule has 0 amide bonds. The molecule has 1 aromatic carbocycles. The van der Waals surface area contributed by atoms with Gasteiger partial charge < -0.3 is 10.8 Å². The standard InChI is InChI=1S/C9H13NO.ClH/c1-7-4-8(5-10)2-3-9(7)6-11;/h2-4,11H,5-6,10H2,1H3;1H. The molecular weight excluding hydrogens is 174 g/mol. The number of halogens is 1. The predicted molar refractivity (Wildman–Crippen MR) is 52.2 cm³/mol. The zero-order valence-electron chi connectivity index (χ0n) is 7.08. The van der Waals surface area contributed by atoms with Crippen molar-refractivity contribution in [3.8, 4) is 0 Å². The van der Waals surface area contributed by atoms with Crippen molar-refractivity contribution in [2.75, 3.05) is 0 Å². The number of hydrogen-bond acceptors (Lipinski definition) is 2. The fourth-order valence-electron chi connectivity index (χ4n) is 1.06. The average Bonchev–Trinajstić information content (AvgIpc) is 2.04. The highest BCUT2D eigenvalue weighted by Crippen LogP contribution is 2.10. The fraction of sp³-hybridized carbons (Fsp3) is 0.333. The molecule has 0 atom stereocenters. The van der Waals surface area contributed by atoms with E-state index in [1.165, 1.54) is 0 Å². The molecule has 0 spiro atoms. The maximum atomic E-state index is 8.85. The molecule has 12 heavy (non-hydrogen) atoms. The summed E-state index contributed by atoms with van der Waals surface area (Å²) in [6.07, 6.45) is 0. The SMILES string of the molecule is Cc1cc(CN)ccc1CO.Cl. The molecule has 0 aliphatic rings. The van der Waals surface area contributed by atoms with Crippen molar-refractivity contribution in [1.82, 2.24) is 0 Å². The highest BCUT2D eigenvalue weighted by Gasteiger charge is 1.96. The van der Waals surface area contributed by atoms with Crippen LogP contribution in [0.5, 0.6) is 0 Å². The molecule has 0 radical (unpaired) electrons. The second-order valence-electron chi connectivity index (χ2n) is 2.62. The van der Waals surface area contributed by atoms with Gasteiger partial charge in [-0.1, -0.05) is 18.2 Å². The van der Waals surface area contributed by atoms with Gasteiger partial charge in [0.05, 0.1) is 6.61 Å². The molecule has 0 saturated carbocycles. The van der Waals surface area contributed by atoms with Crippen LogP contribution in [0.15, 0.2) is 18.2 Å². The minimum Gasteiger partial charge on any atom is -0.392 e. The normalized spacial score (nSPS) is 9.25. The molecular formula is C9H14ClNO. The monoisotopic (exact) mass is 187 g/mol. The number of aryl methyl sites for hydroxylation is 1. The predicted octanol–water partition coefficient (Wildman–Crippen LogP) is 1.37. The van der Waals surface area contributed by atoms with Crippen molar-refractivity contribution in [3.05, 3.63) is 34.9 Å². The minimum absolute atomic E-state index is 0. The Morgan fingerprint density at radius 1 is 1.42 bits per heavy atom. The third-order valence-electron chi connectivity index (χ3n) is 1.81. The van der Waals surface area contributed by atoms with E-state index in [1.807, 2.05) is 25.1 Å². The van der Waals surface area contributed by atoms with Crippen LogP contribution in [0.3, 0.4) is 0 Å². The topological polar surface area (TPSA) is 46.2 Å². The molecule has 0 aliphatic carbocycles. The number of aliphatic hydroxyl groups excluding tert-OH is 1. The summed E-state index contributed by atoms with van der Waals surface area (Å²) in [6.45, 7) is 2.65. The van der Waals surface area contributed by atoms with Gasteiger partial charge in [0, 0.05) is 6.54 Å². The Hall–Kier alpha value is -0.570. The smallest absolute Gasteiger partial charge is 0.0684 e. The molecule has 3 heteroatoms. The third-order valence-corrected chi connectivity index (χ3v) is 1.81. The Balaban J connectivity index is 0.00000121. The molecule has 0 saturated heterocycles. The number of hydrogen-bond donors (Lipinski definition) is 2. The van der Waals surface area contributed by atoms with Crippen LogP contribution in [-0.4, -0.2) is 5.11 Å². The van der Waals surface area contributed by atoms with E-state index >= 15 is 0 Å². The molecule has 1 aromatic rings. The van der Waals surface area contributed by atoms with Crippen LogP contribution in [0.2, 0.25) is 0 Å². The van der Waals surface area contributed by atoms with E-state index < -0.39 is 0 Å². The molecule has 0 aliphatic heterocycles. The van der Waals surface area contributed by atoms with Crippen molar-refractivity contribution in [3.63, 3.8) is 0 Å². The van der Waals surface area contributed by atoms with Crippen LogP contribution >= 0.6 is 12.4 Å². The first-order valence-electron chi connectivity index (χ1n) is 3.67. The number of nitrogens with two attached hydrogens (primary N) is 1. The number of aliphatic hydroxyl groups is 1. The highest BCUT2D eigenvalue weighted by molar-refractivity contribution is 5.85. The second-order valence-corrected chi connectivity index (χ2v) is 2.62. The zero-order chi connectivity index (χ0) is 8.27. The van der Waals surface area contributed by atoms with Crippen molar-refractivity contribution in [2.45, 2.75) is 20.1 Å². The van der Waals surface area contributed by atoms with Crippen molar-refractivity contribution in [2.24, 2.45) is 5.73 Å². The first-order valence-corrected chi connectivity index (χ1v) is 3.67. The molecule has 0 unspecified atom stereocenters. The van der Waals surface area contributed by atoms with E-state index in [9.17, 15) is 0 Å². The van der Waals surface area contributed by atoms with E-state index in [0.717, 1.165) is 16.7 Å². The fourth-order valence-corrected chi connectivity index (χ4v) is 1.06. The first kappa shape index (κ1) is 11.4. The zero-order valence-corrected chi connectivity index (χ0v) is 7.90. The van der Waals surface area contributed by atoms with Gasteiger partial charge in [0.25, 0.3) is 0 Å². The second kappa shape index (κ2) is 5.14. The van der Waals surface area contributed by atoms with Crippen LogP contribution in [0.4, 0.5) is 0 Å². The molecule has 0 heterocycles. The molecule has 68 valence electrons. The van der Waals surface area contributed by atoms with Gasteiger partial charge in [-0.2, -0.15) is 0 Å². The van der Waals surface area contributed by atoms with Crippen LogP contribution in [0.1, 0.15) is 16.7 Å². The molecule has 0 aromatic heterocycles. The Morgan fingerprint density at radius 2 is 2.08 bits per heavy atom. The molecule has 2 nitrogen and oxygen atoms in total. The summed E-state index contributed by atoms with van der Waals surface area (Å²) in [5.74, 6) is 0. The van der Waals surface area contributed by atoms with E-state index in [2.05, 4.69) is 0 Å². The lowest BCUT2D eigenvalue weighted by atomic mass is 10.1. The van der Waals surface area contributed by atoms with Crippen LogP contribution in [-0.2, 0) is 13.2 Å². The lowest BCUT2D eigenvalue weighted by molar-refractivity contribution is 0.281. The van der Waals surface area contributed by atoms with Gasteiger partial charge in [-0.25, -0.2) is 0 Å². The van der Waals surface area contributed by atoms with Crippen molar-refractivity contribution >= 4 is 12.4 Å². The molecule has 0 fully saturated rings. The van der Waals surface area contributed by atoms with Gasteiger partial charge in [0.15, 0.2) is 0 Å². The lowest BCUT2D eigenvalue weighted by Gasteiger charge is -2.03. The van der Waals surface area contributed by atoms with Gasteiger partial charge in [0.1, 0.15) is 0 Å². The summed E-state index contributed by atoms with van der Waals surface area (Å²) < 4.78 is 0. The Kier molecular flexibility index (Phi) is 4.90. The summed E-state index contributed by atoms with van der Waals surface area (Å²) >= 11 is 0. The van der Waals surface area contributed by atoms with Crippen LogP contribution in [0.25, 0.3) is 0 Å². The Bertz CT molecular complexity index is 250. The molecule has 1 rings (SSSR count). The summed E-state index contributed by atoms with van der Waals surface area (Å²) in [5.41, 5.74) is 8.64. The Morgan fingerprint density at radius 3 is 2.50 bits per heavy atom. The van der Waals surface area contributed by atoms with Crippen molar-refractivity contribution < 1.29 is 5.11 Å². The quantitative estimate of drug-likeness (QED) is 0.735. The van der Waals surface area contributed by atoms with Gasteiger partial charge in [0.2, 0.25) is 0 Å². The first-order chi connectivity index (χ1) is 5.27. The van der Waals surface area contributed by atoms with Gasteiger partial charge in [-0.05, 0) is 23.6 Å².